The van der Waals surface area contributed by atoms with E-state index in [-0.39, 0.29) is 29.7 Å². The Hall–Kier alpha value is -4.20. The number of hydrogen-bond donors (Lipinski definition) is 1. The highest BCUT2D eigenvalue weighted by Gasteiger charge is 2.17. The van der Waals surface area contributed by atoms with E-state index in [1.165, 1.54) is 4.68 Å². The van der Waals surface area contributed by atoms with E-state index in [1.54, 1.807) is 49.7 Å². The van der Waals surface area contributed by atoms with Crippen LogP contribution in [0.4, 0.5) is 0 Å². The van der Waals surface area contributed by atoms with Gasteiger partial charge in [-0.15, -0.1) is 0 Å². The van der Waals surface area contributed by atoms with Crippen molar-refractivity contribution in [1.29, 1.82) is 0 Å². The maximum Gasteiger partial charge on any atom is 0.274 e. The molecule has 168 valence electrons. The van der Waals surface area contributed by atoms with Gasteiger partial charge in [0.15, 0.2) is 5.69 Å². The Morgan fingerprint density at radius 1 is 1.03 bits per heavy atom. The second-order valence-corrected chi connectivity index (χ2v) is 7.71. The van der Waals surface area contributed by atoms with Gasteiger partial charge in [0.1, 0.15) is 11.5 Å². The number of methoxy groups -OCH3 is 1. The van der Waals surface area contributed by atoms with E-state index < -0.39 is 0 Å². The summed E-state index contributed by atoms with van der Waals surface area (Å²) in [6.45, 7) is 3.96. The van der Waals surface area contributed by atoms with Crippen molar-refractivity contribution in [2.75, 3.05) is 7.11 Å². The molecule has 4 rings (SSSR count). The SMILES string of the molecule is COc1cccc(Oc2ccc(CNC(=O)c3nn(C(C)C)c(=O)c4ccccc34)cn2)c1. The van der Waals surface area contributed by atoms with Crippen molar-refractivity contribution in [2.24, 2.45) is 0 Å². The van der Waals surface area contributed by atoms with Crippen molar-refractivity contribution >= 4 is 16.7 Å². The van der Waals surface area contributed by atoms with Crippen LogP contribution >= 0.6 is 0 Å². The minimum atomic E-state index is -0.364. The Balaban J connectivity index is 1.48. The van der Waals surface area contributed by atoms with Gasteiger partial charge in [0.05, 0.1) is 18.5 Å². The predicted molar refractivity (Wildman–Crippen MR) is 125 cm³/mol. The van der Waals surface area contributed by atoms with Gasteiger partial charge in [-0.1, -0.05) is 30.3 Å². The quantitative estimate of drug-likeness (QED) is 0.461. The number of rotatable bonds is 7. The third kappa shape index (κ3) is 4.85. The monoisotopic (exact) mass is 444 g/mol. The third-order valence-corrected chi connectivity index (χ3v) is 5.05. The smallest absolute Gasteiger partial charge is 0.274 e. The molecule has 0 saturated carbocycles. The van der Waals surface area contributed by atoms with Crippen LogP contribution in [0.1, 0.15) is 35.9 Å². The molecule has 0 radical (unpaired) electrons. The van der Waals surface area contributed by atoms with Crippen LogP contribution in [-0.4, -0.2) is 27.8 Å². The second kappa shape index (κ2) is 9.52. The summed E-state index contributed by atoms with van der Waals surface area (Å²) in [7, 11) is 1.59. The Kier molecular flexibility index (Phi) is 6.35. The molecular weight excluding hydrogens is 420 g/mol. The van der Waals surface area contributed by atoms with E-state index in [2.05, 4.69) is 15.4 Å². The van der Waals surface area contributed by atoms with Gasteiger partial charge in [0, 0.05) is 30.3 Å². The molecule has 0 fully saturated rings. The number of fused-ring (bicyclic) bond motifs is 1. The first-order valence-electron chi connectivity index (χ1n) is 10.5. The van der Waals surface area contributed by atoms with Crippen molar-refractivity contribution in [3.63, 3.8) is 0 Å². The number of nitrogens with one attached hydrogen (secondary N) is 1. The largest absolute Gasteiger partial charge is 0.497 e. The summed E-state index contributed by atoms with van der Waals surface area (Å²) in [5.41, 5.74) is 0.792. The topological polar surface area (TPSA) is 95.3 Å². The predicted octanol–water partition coefficient (Wildman–Crippen LogP) is 4.10. The van der Waals surface area contributed by atoms with Gasteiger partial charge in [0.2, 0.25) is 5.88 Å². The zero-order valence-electron chi connectivity index (χ0n) is 18.6. The van der Waals surface area contributed by atoms with Crippen LogP contribution in [0.3, 0.4) is 0 Å². The number of carbonyl (C=O) groups excluding carboxylic acids is 1. The van der Waals surface area contributed by atoms with E-state index in [0.29, 0.717) is 28.2 Å². The number of ether oxygens (including phenoxy) is 2. The van der Waals surface area contributed by atoms with E-state index in [0.717, 1.165) is 5.56 Å². The number of amides is 1. The highest BCUT2D eigenvalue weighted by molar-refractivity contribution is 6.04. The fraction of sp³-hybridized carbons (Fsp3) is 0.200. The molecule has 4 aromatic rings. The molecular formula is C25H24N4O4. The molecule has 0 spiro atoms. The zero-order chi connectivity index (χ0) is 23.4. The molecule has 0 bridgehead atoms. The summed E-state index contributed by atoms with van der Waals surface area (Å²) < 4.78 is 12.3. The first kappa shape index (κ1) is 22.0. The summed E-state index contributed by atoms with van der Waals surface area (Å²) in [5.74, 6) is 1.37. The molecule has 2 heterocycles. The van der Waals surface area contributed by atoms with Gasteiger partial charge < -0.3 is 14.8 Å². The number of benzene rings is 2. The minimum absolute atomic E-state index is 0.171. The molecule has 0 aliphatic heterocycles. The van der Waals surface area contributed by atoms with Crippen molar-refractivity contribution in [3.05, 3.63) is 88.5 Å². The highest BCUT2D eigenvalue weighted by Crippen LogP contribution is 2.24. The van der Waals surface area contributed by atoms with Gasteiger partial charge in [-0.3, -0.25) is 9.59 Å². The lowest BCUT2D eigenvalue weighted by Gasteiger charge is -2.13. The molecule has 1 amide bonds. The van der Waals surface area contributed by atoms with E-state index in [1.807, 2.05) is 38.1 Å². The molecule has 0 aliphatic carbocycles. The van der Waals surface area contributed by atoms with Crippen molar-refractivity contribution < 1.29 is 14.3 Å². The lowest BCUT2D eigenvalue weighted by Crippen LogP contribution is -2.31. The maximum atomic E-state index is 12.9. The van der Waals surface area contributed by atoms with Crippen molar-refractivity contribution in [1.82, 2.24) is 20.1 Å². The van der Waals surface area contributed by atoms with Gasteiger partial charge in [-0.25, -0.2) is 9.67 Å². The molecule has 33 heavy (non-hydrogen) atoms. The summed E-state index contributed by atoms with van der Waals surface area (Å²) in [5, 5.41) is 8.19. The number of aromatic nitrogens is 3. The van der Waals surface area contributed by atoms with Gasteiger partial charge in [-0.05, 0) is 37.6 Å². The van der Waals surface area contributed by atoms with Crippen LogP contribution < -0.4 is 20.3 Å². The van der Waals surface area contributed by atoms with E-state index in [4.69, 9.17) is 9.47 Å². The van der Waals surface area contributed by atoms with Gasteiger partial charge >= 0.3 is 0 Å². The highest BCUT2D eigenvalue weighted by atomic mass is 16.5. The first-order chi connectivity index (χ1) is 16.0. The lowest BCUT2D eigenvalue weighted by atomic mass is 10.1. The molecule has 8 heteroatoms. The Bertz CT molecular complexity index is 1350. The third-order valence-electron chi connectivity index (χ3n) is 5.05. The van der Waals surface area contributed by atoms with Crippen molar-refractivity contribution in [3.8, 4) is 17.4 Å². The molecule has 8 nitrogen and oxygen atoms in total. The average Bonchev–Trinajstić information content (AvgIpc) is 2.83. The molecule has 2 aromatic carbocycles. The summed E-state index contributed by atoms with van der Waals surface area (Å²) in [6.07, 6.45) is 1.64. The van der Waals surface area contributed by atoms with Gasteiger partial charge in [-0.2, -0.15) is 5.10 Å². The van der Waals surface area contributed by atoms with Crippen LogP contribution in [0, 0.1) is 0 Å². The summed E-state index contributed by atoms with van der Waals surface area (Å²) in [6, 6.07) is 17.6. The normalized spacial score (nSPS) is 10.9. The zero-order valence-corrected chi connectivity index (χ0v) is 18.6. The first-order valence-corrected chi connectivity index (χ1v) is 10.5. The fourth-order valence-electron chi connectivity index (χ4n) is 3.35. The fourth-order valence-corrected chi connectivity index (χ4v) is 3.35. The summed E-state index contributed by atoms with van der Waals surface area (Å²) >= 11 is 0. The van der Waals surface area contributed by atoms with Crippen LogP contribution in [0.5, 0.6) is 17.4 Å². The Morgan fingerprint density at radius 3 is 2.48 bits per heavy atom. The van der Waals surface area contributed by atoms with Crippen LogP contribution in [0.2, 0.25) is 0 Å². The summed E-state index contributed by atoms with van der Waals surface area (Å²) in [4.78, 5) is 29.9. The molecule has 0 atom stereocenters. The molecule has 0 aliphatic rings. The molecule has 0 saturated heterocycles. The number of carbonyl (C=O) groups is 1. The second-order valence-electron chi connectivity index (χ2n) is 7.71. The Labute approximate surface area is 190 Å². The van der Waals surface area contributed by atoms with Crippen molar-refractivity contribution in [2.45, 2.75) is 26.4 Å². The maximum absolute atomic E-state index is 12.9. The average molecular weight is 444 g/mol. The molecule has 0 unspecified atom stereocenters. The Morgan fingerprint density at radius 2 is 1.79 bits per heavy atom. The minimum Gasteiger partial charge on any atom is -0.497 e. The van der Waals surface area contributed by atoms with Crippen LogP contribution in [0.15, 0.2) is 71.7 Å². The lowest BCUT2D eigenvalue weighted by molar-refractivity contribution is 0.0945. The number of pyridine rings is 1. The van der Waals surface area contributed by atoms with Gasteiger partial charge in [0.25, 0.3) is 11.5 Å². The van der Waals surface area contributed by atoms with Crippen LogP contribution in [0.25, 0.3) is 10.8 Å². The number of hydrogen-bond acceptors (Lipinski definition) is 6. The van der Waals surface area contributed by atoms with E-state index in [9.17, 15) is 9.59 Å². The number of nitrogens with zero attached hydrogens (tertiary/aromatic N) is 3. The van der Waals surface area contributed by atoms with Crippen LogP contribution in [-0.2, 0) is 6.54 Å². The standard InChI is InChI=1S/C25H24N4O4/c1-16(2)29-25(31)21-10-5-4-9-20(21)23(28-29)24(30)27-15-17-11-12-22(26-14-17)33-19-8-6-7-18(13-19)32-3/h4-14,16H,15H2,1-3H3,(H,27,30). The molecule has 1 N–H and O–H groups in total. The molecule has 2 aromatic heterocycles. The van der Waals surface area contributed by atoms with E-state index >= 15 is 0 Å².